The SMILES string of the molecule is CCOc1ccccc1OCC#CCN1CCOCC1. The molecule has 0 bridgehead atoms. The third kappa shape index (κ3) is 4.76. The van der Waals surface area contributed by atoms with Crippen molar-refractivity contribution in [3.63, 3.8) is 0 Å². The van der Waals surface area contributed by atoms with Crippen molar-refractivity contribution in [2.24, 2.45) is 0 Å². The normalized spacial score (nSPS) is 15.2. The Balaban J connectivity index is 1.75. The van der Waals surface area contributed by atoms with Crippen molar-refractivity contribution >= 4 is 0 Å². The molecule has 1 heterocycles. The molecule has 0 aromatic heterocycles. The first-order valence-electron chi connectivity index (χ1n) is 7.00. The topological polar surface area (TPSA) is 30.9 Å². The lowest BCUT2D eigenvalue weighted by atomic mass is 10.3. The van der Waals surface area contributed by atoms with Crippen LogP contribution in [0.25, 0.3) is 0 Å². The molecule has 0 unspecified atom stereocenters. The number of hydrogen-bond donors (Lipinski definition) is 0. The average Bonchev–Trinajstić information content (AvgIpc) is 2.50. The smallest absolute Gasteiger partial charge is 0.162 e. The van der Waals surface area contributed by atoms with Crippen LogP contribution in [0.4, 0.5) is 0 Å². The van der Waals surface area contributed by atoms with E-state index in [1.807, 2.05) is 31.2 Å². The van der Waals surface area contributed by atoms with Crippen LogP contribution in [-0.4, -0.2) is 51.0 Å². The largest absolute Gasteiger partial charge is 0.490 e. The lowest BCUT2D eigenvalue weighted by Gasteiger charge is -2.24. The Labute approximate surface area is 120 Å². The minimum absolute atomic E-state index is 0.383. The van der Waals surface area contributed by atoms with Crippen LogP contribution in [0.3, 0.4) is 0 Å². The van der Waals surface area contributed by atoms with Crippen molar-refractivity contribution in [1.29, 1.82) is 0 Å². The fourth-order valence-corrected chi connectivity index (χ4v) is 1.94. The molecule has 1 aliphatic rings. The van der Waals surface area contributed by atoms with E-state index in [0.717, 1.165) is 44.3 Å². The Morgan fingerprint density at radius 1 is 1.10 bits per heavy atom. The number of rotatable bonds is 5. The minimum atomic E-state index is 0.383. The summed E-state index contributed by atoms with van der Waals surface area (Å²) in [5.74, 6) is 7.69. The van der Waals surface area contributed by atoms with Crippen LogP contribution in [0.15, 0.2) is 24.3 Å². The summed E-state index contributed by atoms with van der Waals surface area (Å²) in [6, 6.07) is 7.66. The molecule has 4 nitrogen and oxygen atoms in total. The lowest BCUT2D eigenvalue weighted by Crippen LogP contribution is -2.36. The highest BCUT2D eigenvalue weighted by Gasteiger charge is 2.07. The predicted molar refractivity (Wildman–Crippen MR) is 78.1 cm³/mol. The second-order valence-corrected chi connectivity index (χ2v) is 4.41. The Morgan fingerprint density at radius 3 is 2.50 bits per heavy atom. The van der Waals surface area contributed by atoms with Gasteiger partial charge in [-0.25, -0.2) is 0 Å². The zero-order valence-corrected chi connectivity index (χ0v) is 11.9. The molecule has 2 rings (SSSR count). The average molecular weight is 275 g/mol. The second kappa shape index (κ2) is 8.47. The lowest BCUT2D eigenvalue weighted by molar-refractivity contribution is 0.0443. The van der Waals surface area contributed by atoms with Crippen molar-refractivity contribution in [3.8, 4) is 23.3 Å². The fraction of sp³-hybridized carbons (Fsp3) is 0.500. The fourth-order valence-electron chi connectivity index (χ4n) is 1.94. The van der Waals surface area contributed by atoms with Crippen molar-refractivity contribution in [2.75, 3.05) is 46.1 Å². The molecule has 0 saturated carbocycles. The summed E-state index contributed by atoms with van der Waals surface area (Å²) in [5.41, 5.74) is 0. The van der Waals surface area contributed by atoms with Crippen LogP contribution < -0.4 is 9.47 Å². The van der Waals surface area contributed by atoms with E-state index in [2.05, 4.69) is 16.7 Å². The minimum Gasteiger partial charge on any atom is -0.490 e. The van der Waals surface area contributed by atoms with Gasteiger partial charge >= 0.3 is 0 Å². The Bertz CT molecular complexity index is 458. The summed E-state index contributed by atoms with van der Waals surface area (Å²) in [7, 11) is 0. The first-order valence-corrected chi connectivity index (χ1v) is 7.00. The molecule has 4 heteroatoms. The van der Waals surface area contributed by atoms with E-state index >= 15 is 0 Å². The summed E-state index contributed by atoms with van der Waals surface area (Å²) in [4.78, 5) is 2.28. The highest BCUT2D eigenvalue weighted by Crippen LogP contribution is 2.25. The number of benzene rings is 1. The summed E-state index contributed by atoms with van der Waals surface area (Å²) >= 11 is 0. The zero-order chi connectivity index (χ0) is 14.0. The van der Waals surface area contributed by atoms with E-state index in [4.69, 9.17) is 14.2 Å². The van der Waals surface area contributed by atoms with Crippen molar-refractivity contribution < 1.29 is 14.2 Å². The van der Waals surface area contributed by atoms with Crippen LogP contribution in [0.5, 0.6) is 11.5 Å². The van der Waals surface area contributed by atoms with Crippen LogP contribution in [0.1, 0.15) is 6.92 Å². The van der Waals surface area contributed by atoms with Gasteiger partial charge < -0.3 is 14.2 Å². The van der Waals surface area contributed by atoms with Gasteiger partial charge in [0.1, 0.15) is 6.61 Å². The third-order valence-corrected chi connectivity index (χ3v) is 2.98. The molecule has 0 amide bonds. The Kier molecular flexibility index (Phi) is 6.22. The van der Waals surface area contributed by atoms with E-state index < -0.39 is 0 Å². The Morgan fingerprint density at radius 2 is 1.80 bits per heavy atom. The van der Waals surface area contributed by atoms with Gasteiger partial charge in [0.15, 0.2) is 11.5 Å². The van der Waals surface area contributed by atoms with Crippen molar-refractivity contribution in [1.82, 2.24) is 4.90 Å². The van der Waals surface area contributed by atoms with Gasteiger partial charge in [-0.1, -0.05) is 24.0 Å². The highest BCUT2D eigenvalue weighted by molar-refractivity contribution is 5.39. The molecule has 108 valence electrons. The van der Waals surface area contributed by atoms with Gasteiger partial charge in [-0.2, -0.15) is 0 Å². The van der Waals surface area contributed by atoms with E-state index in [9.17, 15) is 0 Å². The van der Waals surface area contributed by atoms with Gasteiger partial charge in [0.2, 0.25) is 0 Å². The maximum Gasteiger partial charge on any atom is 0.162 e. The summed E-state index contributed by atoms with van der Waals surface area (Å²) in [6.45, 7) is 7.28. The monoisotopic (exact) mass is 275 g/mol. The molecule has 1 aromatic rings. The maximum absolute atomic E-state index is 5.64. The van der Waals surface area contributed by atoms with Crippen LogP contribution in [0.2, 0.25) is 0 Å². The van der Waals surface area contributed by atoms with Crippen LogP contribution in [0, 0.1) is 11.8 Å². The molecular weight excluding hydrogens is 254 g/mol. The van der Waals surface area contributed by atoms with Gasteiger partial charge in [-0.15, -0.1) is 0 Å². The van der Waals surface area contributed by atoms with E-state index in [-0.39, 0.29) is 0 Å². The number of para-hydroxylation sites is 2. The van der Waals surface area contributed by atoms with E-state index in [1.54, 1.807) is 0 Å². The predicted octanol–water partition coefficient (Wildman–Crippen LogP) is 1.80. The molecule has 1 saturated heterocycles. The van der Waals surface area contributed by atoms with Gasteiger partial charge in [-0.3, -0.25) is 4.90 Å². The number of nitrogens with zero attached hydrogens (tertiary/aromatic N) is 1. The van der Waals surface area contributed by atoms with Crippen molar-refractivity contribution in [2.45, 2.75) is 6.92 Å². The molecule has 0 radical (unpaired) electrons. The highest BCUT2D eigenvalue weighted by atomic mass is 16.5. The summed E-state index contributed by atoms with van der Waals surface area (Å²) in [5, 5.41) is 0. The second-order valence-electron chi connectivity index (χ2n) is 4.41. The van der Waals surface area contributed by atoms with Crippen LogP contribution in [-0.2, 0) is 4.74 Å². The van der Waals surface area contributed by atoms with Gasteiger partial charge in [-0.05, 0) is 19.1 Å². The van der Waals surface area contributed by atoms with E-state index in [1.165, 1.54) is 0 Å². The zero-order valence-electron chi connectivity index (χ0n) is 11.9. The molecule has 20 heavy (non-hydrogen) atoms. The molecule has 1 fully saturated rings. The van der Waals surface area contributed by atoms with Gasteiger partial charge in [0.25, 0.3) is 0 Å². The number of morpholine rings is 1. The first-order chi connectivity index (χ1) is 9.90. The molecule has 0 spiro atoms. The molecule has 0 atom stereocenters. The quantitative estimate of drug-likeness (QED) is 0.767. The molecule has 0 aliphatic carbocycles. The third-order valence-electron chi connectivity index (χ3n) is 2.98. The molecule has 1 aliphatic heterocycles. The number of ether oxygens (including phenoxy) is 3. The summed E-state index contributed by atoms with van der Waals surface area (Å²) < 4.78 is 16.4. The molecule has 1 aromatic carbocycles. The first kappa shape index (κ1) is 14.7. The summed E-state index contributed by atoms with van der Waals surface area (Å²) in [6.07, 6.45) is 0. The van der Waals surface area contributed by atoms with Gasteiger partial charge in [0, 0.05) is 13.1 Å². The van der Waals surface area contributed by atoms with Gasteiger partial charge in [0.05, 0.1) is 26.4 Å². The van der Waals surface area contributed by atoms with E-state index in [0.29, 0.717) is 13.2 Å². The number of hydrogen-bond acceptors (Lipinski definition) is 4. The molecule has 0 N–H and O–H groups in total. The maximum atomic E-state index is 5.64. The Hall–Kier alpha value is -1.70. The molecular formula is C16H21NO3. The standard InChI is InChI=1S/C16H21NO3/c1-2-19-15-7-3-4-8-16(15)20-12-6-5-9-17-10-13-18-14-11-17/h3-4,7-8H,2,9-14H2,1H3. The van der Waals surface area contributed by atoms with Crippen LogP contribution >= 0.6 is 0 Å². The van der Waals surface area contributed by atoms with Crippen molar-refractivity contribution in [3.05, 3.63) is 24.3 Å².